The monoisotopic (exact) mass is 381 g/mol. The third-order valence-corrected chi connectivity index (χ3v) is 4.47. The van der Waals surface area contributed by atoms with E-state index in [1.807, 2.05) is 43.4 Å². The van der Waals surface area contributed by atoms with Gasteiger partial charge < -0.3 is 14.5 Å². The Morgan fingerprint density at radius 3 is 2.46 bits per heavy atom. The van der Waals surface area contributed by atoms with Gasteiger partial charge in [-0.15, -0.1) is 0 Å². The number of aliphatic imine (C=N–C) groups is 1. The second-order valence-electron chi connectivity index (χ2n) is 5.95. The summed E-state index contributed by atoms with van der Waals surface area (Å²) in [5.74, 6) is 1.16. The SMILES string of the molecule is Cc1cc(N2CN=CN(C)C2)ccc1Oc1ccc(SC(F)(F)F)cc1. The van der Waals surface area contributed by atoms with Gasteiger partial charge >= 0.3 is 5.51 Å². The maximum absolute atomic E-state index is 12.4. The van der Waals surface area contributed by atoms with Crippen molar-refractivity contribution in [1.29, 1.82) is 0 Å². The zero-order valence-corrected chi connectivity index (χ0v) is 15.1. The van der Waals surface area contributed by atoms with Gasteiger partial charge in [0.25, 0.3) is 0 Å². The molecule has 8 heteroatoms. The molecule has 138 valence electrons. The first-order valence-corrected chi connectivity index (χ1v) is 8.71. The van der Waals surface area contributed by atoms with Crippen molar-refractivity contribution in [1.82, 2.24) is 4.90 Å². The maximum Gasteiger partial charge on any atom is 0.446 e. The summed E-state index contributed by atoms with van der Waals surface area (Å²) in [5.41, 5.74) is -2.31. The van der Waals surface area contributed by atoms with Gasteiger partial charge in [-0.25, -0.2) is 0 Å². The van der Waals surface area contributed by atoms with E-state index in [0.717, 1.165) is 17.9 Å². The predicted molar refractivity (Wildman–Crippen MR) is 98.1 cm³/mol. The maximum atomic E-state index is 12.4. The van der Waals surface area contributed by atoms with Gasteiger partial charge in [0.15, 0.2) is 0 Å². The lowest BCUT2D eigenvalue weighted by Crippen LogP contribution is -2.39. The van der Waals surface area contributed by atoms with Gasteiger partial charge in [0.2, 0.25) is 0 Å². The van der Waals surface area contributed by atoms with Gasteiger partial charge in [0.05, 0.1) is 13.0 Å². The molecule has 0 aliphatic carbocycles. The molecule has 1 aliphatic heterocycles. The van der Waals surface area contributed by atoms with Gasteiger partial charge in [0.1, 0.15) is 18.2 Å². The number of hydrogen-bond donors (Lipinski definition) is 0. The van der Waals surface area contributed by atoms with Crippen LogP contribution in [0.25, 0.3) is 0 Å². The van der Waals surface area contributed by atoms with Crippen LogP contribution in [0, 0.1) is 6.92 Å². The summed E-state index contributed by atoms with van der Waals surface area (Å²) in [7, 11) is 1.96. The van der Waals surface area contributed by atoms with Crippen molar-refractivity contribution in [2.24, 2.45) is 4.99 Å². The highest BCUT2D eigenvalue weighted by atomic mass is 32.2. The number of alkyl halides is 3. The fourth-order valence-corrected chi connectivity index (χ4v) is 3.11. The molecule has 0 aromatic heterocycles. The van der Waals surface area contributed by atoms with Gasteiger partial charge in [-0.1, -0.05) is 0 Å². The Balaban J connectivity index is 1.69. The number of thioether (sulfide) groups is 1. The Bertz CT molecular complexity index is 793. The number of nitrogens with zero attached hydrogens (tertiary/aromatic N) is 3. The molecule has 1 heterocycles. The Kier molecular flexibility index (Phi) is 5.31. The summed E-state index contributed by atoms with van der Waals surface area (Å²) in [6.45, 7) is 3.29. The predicted octanol–water partition coefficient (Wildman–Crippen LogP) is 5.09. The van der Waals surface area contributed by atoms with Crippen LogP contribution in [0.1, 0.15) is 5.56 Å². The molecule has 0 unspecified atom stereocenters. The summed E-state index contributed by atoms with van der Waals surface area (Å²) >= 11 is -0.140. The summed E-state index contributed by atoms with van der Waals surface area (Å²) in [6.07, 6.45) is 1.81. The lowest BCUT2D eigenvalue weighted by molar-refractivity contribution is -0.0328. The second kappa shape index (κ2) is 7.49. The normalized spacial score (nSPS) is 14.7. The molecule has 3 rings (SSSR count). The van der Waals surface area contributed by atoms with Crippen LogP contribution in [-0.4, -0.2) is 37.1 Å². The molecule has 2 aromatic carbocycles. The first-order valence-electron chi connectivity index (χ1n) is 7.89. The molecule has 0 saturated heterocycles. The molecule has 1 aliphatic rings. The highest BCUT2D eigenvalue weighted by molar-refractivity contribution is 8.00. The number of anilines is 1. The quantitative estimate of drug-likeness (QED) is 0.690. The average Bonchev–Trinajstić information content (AvgIpc) is 2.57. The minimum Gasteiger partial charge on any atom is -0.457 e. The van der Waals surface area contributed by atoms with Crippen LogP contribution < -0.4 is 9.64 Å². The van der Waals surface area contributed by atoms with E-state index in [1.165, 1.54) is 24.3 Å². The van der Waals surface area contributed by atoms with Crippen molar-refractivity contribution < 1.29 is 17.9 Å². The Hall–Kier alpha value is -2.35. The second-order valence-corrected chi connectivity index (χ2v) is 7.09. The third-order valence-electron chi connectivity index (χ3n) is 3.73. The van der Waals surface area contributed by atoms with Crippen LogP contribution in [0.2, 0.25) is 0 Å². The molecule has 0 N–H and O–H groups in total. The van der Waals surface area contributed by atoms with Crippen molar-refractivity contribution in [2.45, 2.75) is 17.3 Å². The highest BCUT2D eigenvalue weighted by Crippen LogP contribution is 2.38. The molecule has 0 saturated carbocycles. The Morgan fingerprint density at radius 1 is 1.12 bits per heavy atom. The van der Waals surface area contributed by atoms with E-state index in [9.17, 15) is 13.2 Å². The minimum absolute atomic E-state index is 0.131. The van der Waals surface area contributed by atoms with E-state index < -0.39 is 5.51 Å². The molecule has 26 heavy (non-hydrogen) atoms. The van der Waals surface area contributed by atoms with E-state index in [1.54, 1.807) is 0 Å². The number of aryl methyl sites for hydroxylation is 1. The third kappa shape index (κ3) is 4.85. The van der Waals surface area contributed by atoms with E-state index in [2.05, 4.69) is 9.89 Å². The minimum atomic E-state index is -4.29. The van der Waals surface area contributed by atoms with Crippen LogP contribution in [0.4, 0.5) is 18.9 Å². The van der Waals surface area contributed by atoms with E-state index in [4.69, 9.17) is 4.74 Å². The summed E-state index contributed by atoms with van der Waals surface area (Å²) in [4.78, 5) is 8.53. The molecular formula is C18H18F3N3OS. The largest absolute Gasteiger partial charge is 0.457 e. The van der Waals surface area contributed by atoms with Crippen LogP contribution in [0.3, 0.4) is 0 Å². The van der Waals surface area contributed by atoms with Crippen LogP contribution >= 0.6 is 11.8 Å². The number of hydrogen-bond acceptors (Lipinski definition) is 5. The van der Waals surface area contributed by atoms with Crippen molar-refractivity contribution in [2.75, 3.05) is 25.3 Å². The number of ether oxygens (including phenoxy) is 1. The van der Waals surface area contributed by atoms with Crippen LogP contribution in [-0.2, 0) is 0 Å². The lowest BCUT2D eigenvalue weighted by Gasteiger charge is -2.31. The van der Waals surface area contributed by atoms with Gasteiger partial charge in [-0.2, -0.15) is 13.2 Å². The highest BCUT2D eigenvalue weighted by Gasteiger charge is 2.29. The Labute approximate surface area is 154 Å². The molecule has 0 spiro atoms. The zero-order valence-electron chi connectivity index (χ0n) is 14.3. The van der Waals surface area contributed by atoms with Gasteiger partial charge in [0, 0.05) is 17.6 Å². The number of rotatable bonds is 4. The molecule has 4 nitrogen and oxygen atoms in total. The first-order chi connectivity index (χ1) is 12.3. The molecular weight excluding hydrogens is 363 g/mol. The lowest BCUT2D eigenvalue weighted by atomic mass is 10.2. The first kappa shape index (κ1) is 18.4. The van der Waals surface area contributed by atoms with Crippen LogP contribution in [0.15, 0.2) is 52.4 Å². The summed E-state index contributed by atoms with van der Waals surface area (Å²) in [6, 6.07) is 11.7. The molecule has 0 radical (unpaired) electrons. The molecule has 2 aromatic rings. The van der Waals surface area contributed by atoms with Crippen molar-refractivity contribution in [3.05, 3.63) is 48.0 Å². The van der Waals surface area contributed by atoms with E-state index in [-0.39, 0.29) is 16.7 Å². The zero-order chi connectivity index (χ0) is 18.7. The van der Waals surface area contributed by atoms with Crippen molar-refractivity contribution in [3.8, 4) is 11.5 Å². The summed E-state index contributed by atoms with van der Waals surface area (Å²) < 4.78 is 42.9. The molecule has 0 amide bonds. The Morgan fingerprint density at radius 2 is 1.85 bits per heavy atom. The molecule has 0 bridgehead atoms. The fourth-order valence-electron chi connectivity index (χ4n) is 2.57. The fraction of sp³-hybridized carbons (Fsp3) is 0.278. The average molecular weight is 381 g/mol. The number of halogens is 3. The van der Waals surface area contributed by atoms with E-state index in [0.29, 0.717) is 18.2 Å². The van der Waals surface area contributed by atoms with Crippen molar-refractivity contribution in [3.63, 3.8) is 0 Å². The van der Waals surface area contributed by atoms with Crippen LogP contribution in [0.5, 0.6) is 11.5 Å². The summed E-state index contributed by atoms with van der Waals surface area (Å²) in [5, 5.41) is 0. The van der Waals surface area contributed by atoms with Gasteiger partial charge in [-0.3, -0.25) is 4.99 Å². The number of benzene rings is 2. The molecule has 0 fully saturated rings. The standard InChI is InChI=1S/C18H18F3N3OS/c1-13-9-14(24-11-22-10-23(2)12-24)3-8-17(13)25-15-4-6-16(7-5-15)26-18(19,20)21/h3-10H,11-12H2,1-2H3. The van der Waals surface area contributed by atoms with Gasteiger partial charge in [-0.05, 0) is 66.7 Å². The smallest absolute Gasteiger partial charge is 0.446 e. The van der Waals surface area contributed by atoms with Crippen molar-refractivity contribution >= 4 is 23.8 Å². The molecule has 0 atom stereocenters. The van der Waals surface area contributed by atoms with E-state index >= 15 is 0 Å². The topological polar surface area (TPSA) is 28.1 Å².